The Kier molecular flexibility index (Phi) is 4.97. The highest BCUT2D eigenvalue weighted by Gasteiger charge is 2.18. The lowest BCUT2D eigenvalue weighted by molar-refractivity contribution is 0.252. The van der Waals surface area contributed by atoms with Crippen LogP contribution in [0.2, 0.25) is 0 Å². The van der Waals surface area contributed by atoms with Crippen molar-refractivity contribution in [2.45, 2.75) is 6.92 Å². The van der Waals surface area contributed by atoms with E-state index in [1.165, 1.54) is 12.1 Å². The van der Waals surface area contributed by atoms with Gasteiger partial charge in [0.25, 0.3) is 0 Å². The van der Waals surface area contributed by atoms with Crippen molar-refractivity contribution in [2.75, 3.05) is 36.5 Å². The predicted molar refractivity (Wildman–Crippen MR) is 108 cm³/mol. The summed E-state index contributed by atoms with van der Waals surface area (Å²) in [6, 6.07) is 11.9. The van der Waals surface area contributed by atoms with E-state index in [4.69, 9.17) is 4.74 Å². The van der Waals surface area contributed by atoms with Crippen molar-refractivity contribution in [3.63, 3.8) is 0 Å². The molecular formula is C21H21FN4O2. The highest BCUT2D eigenvalue weighted by Crippen LogP contribution is 2.31. The molecule has 0 radical (unpaired) electrons. The van der Waals surface area contributed by atoms with Crippen LogP contribution in [0, 0.1) is 12.7 Å². The number of benzene rings is 2. The Hall–Kier alpha value is -3.35. The van der Waals surface area contributed by atoms with Gasteiger partial charge in [-0.05, 0) is 31.2 Å². The summed E-state index contributed by atoms with van der Waals surface area (Å²) < 4.78 is 18.9. The average molecular weight is 380 g/mol. The van der Waals surface area contributed by atoms with Crippen LogP contribution in [-0.2, 0) is 0 Å². The van der Waals surface area contributed by atoms with Crippen molar-refractivity contribution < 1.29 is 13.9 Å². The topological polar surface area (TPSA) is 66.5 Å². The molecule has 7 heteroatoms. The number of fused-ring (bicyclic) bond motifs is 2. The summed E-state index contributed by atoms with van der Waals surface area (Å²) in [4.78, 5) is 18.7. The van der Waals surface area contributed by atoms with E-state index in [1.54, 1.807) is 12.3 Å². The summed E-state index contributed by atoms with van der Waals surface area (Å²) in [6.07, 6.45) is 1.74. The summed E-state index contributed by atoms with van der Waals surface area (Å²) in [7, 11) is 0. The second-order valence-corrected chi connectivity index (χ2v) is 6.63. The maximum Gasteiger partial charge on any atom is 0.319 e. The lowest BCUT2D eigenvalue weighted by Crippen LogP contribution is -2.40. The standard InChI is InChI=1S/C21H21FN4O2/c1-14-16-3-2-4-18(17(16)7-8-23-14)25-21(27)24-9-10-26-11-12-28-20-13-15(22)5-6-19(20)26/h2-8,13H,9-12H2,1H3,(H2,24,25,27). The molecule has 4 rings (SSSR count). The number of carbonyl (C=O) groups excluding carboxylic acids is 1. The summed E-state index contributed by atoms with van der Waals surface area (Å²) in [6.45, 7) is 4.18. The zero-order valence-corrected chi connectivity index (χ0v) is 15.5. The minimum absolute atomic E-state index is 0.269. The Labute approximate surface area is 162 Å². The molecule has 0 fully saturated rings. The van der Waals surface area contributed by atoms with Crippen LogP contribution in [0.4, 0.5) is 20.6 Å². The average Bonchev–Trinajstić information content (AvgIpc) is 2.69. The molecule has 3 aromatic rings. The Bertz CT molecular complexity index is 1020. The first-order chi connectivity index (χ1) is 13.6. The van der Waals surface area contributed by atoms with Crippen LogP contribution in [0.1, 0.15) is 5.69 Å². The number of anilines is 2. The minimum atomic E-state index is -0.321. The van der Waals surface area contributed by atoms with Gasteiger partial charge in [0.05, 0.1) is 17.9 Å². The molecule has 0 unspecified atom stereocenters. The van der Waals surface area contributed by atoms with E-state index >= 15 is 0 Å². The van der Waals surface area contributed by atoms with E-state index < -0.39 is 0 Å². The van der Waals surface area contributed by atoms with Crippen LogP contribution in [-0.4, -0.2) is 37.3 Å². The van der Waals surface area contributed by atoms with Gasteiger partial charge in [-0.3, -0.25) is 4.98 Å². The number of amides is 2. The third-order valence-electron chi connectivity index (χ3n) is 4.80. The molecule has 2 heterocycles. The van der Waals surface area contributed by atoms with Crippen molar-refractivity contribution in [1.29, 1.82) is 0 Å². The molecule has 6 nitrogen and oxygen atoms in total. The van der Waals surface area contributed by atoms with Gasteiger partial charge in [0.1, 0.15) is 18.2 Å². The van der Waals surface area contributed by atoms with E-state index in [0.29, 0.717) is 32.0 Å². The summed E-state index contributed by atoms with van der Waals surface area (Å²) in [5.41, 5.74) is 2.50. The molecule has 2 aromatic carbocycles. The summed E-state index contributed by atoms with van der Waals surface area (Å²) in [5, 5.41) is 7.75. The maximum absolute atomic E-state index is 13.4. The number of urea groups is 1. The highest BCUT2D eigenvalue weighted by molar-refractivity contribution is 6.02. The number of pyridine rings is 1. The van der Waals surface area contributed by atoms with E-state index in [-0.39, 0.29) is 11.8 Å². The zero-order valence-electron chi connectivity index (χ0n) is 15.5. The molecule has 2 N–H and O–H groups in total. The van der Waals surface area contributed by atoms with Gasteiger partial charge in [-0.1, -0.05) is 12.1 Å². The van der Waals surface area contributed by atoms with Gasteiger partial charge in [0.2, 0.25) is 0 Å². The number of rotatable bonds is 4. The van der Waals surface area contributed by atoms with Crippen LogP contribution in [0.3, 0.4) is 0 Å². The van der Waals surface area contributed by atoms with Crippen LogP contribution < -0.4 is 20.3 Å². The molecule has 0 atom stereocenters. The van der Waals surface area contributed by atoms with Gasteiger partial charge in [0.15, 0.2) is 0 Å². The van der Waals surface area contributed by atoms with Crippen LogP contribution >= 0.6 is 0 Å². The van der Waals surface area contributed by atoms with Crippen LogP contribution in [0.5, 0.6) is 5.75 Å². The largest absolute Gasteiger partial charge is 0.489 e. The normalized spacial score (nSPS) is 13.0. The SMILES string of the molecule is Cc1nccc2c(NC(=O)NCCN3CCOc4cc(F)ccc43)cccc12. The molecule has 0 saturated carbocycles. The van der Waals surface area contributed by atoms with E-state index in [2.05, 4.69) is 20.5 Å². The highest BCUT2D eigenvalue weighted by atomic mass is 19.1. The zero-order chi connectivity index (χ0) is 19.5. The lowest BCUT2D eigenvalue weighted by atomic mass is 10.1. The molecule has 1 aliphatic rings. The lowest BCUT2D eigenvalue weighted by Gasteiger charge is -2.31. The fourth-order valence-electron chi connectivity index (χ4n) is 3.42. The monoisotopic (exact) mass is 380 g/mol. The number of halogens is 1. The fourth-order valence-corrected chi connectivity index (χ4v) is 3.42. The third-order valence-corrected chi connectivity index (χ3v) is 4.80. The van der Waals surface area contributed by atoms with Gasteiger partial charge < -0.3 is 20.3 Å². The van der Waals surface area contributed by atoms with E-state index in [1.807, 2.05) is 31.2 Å². The Morgan fingerprint density at radius 1 is 1.25 bits per heavy atom. The Morgan fingerprint density at radius 3 is 3.04 bits per heavy atom. The molecule has 144 valence electrons. The van der Waals surface area contributed by atoms with Crippen molar-refractivity contribution >= 4 is 28.2 Å². The quantitative estimate of drug-likeness (QED) is 0.724. The van der Waals surface area contributed by atoms with E-state index in [0.717, 1.165) is 27.8 Å². The molecule has 2 amide bonds. The van der Waals surface area contributed by atoms with Gasteiger partial charge in [-0.25, -0.2) is 9.18 Å². The van der Waals surface area contributed by atoms with Crippen molar-refractivity contribution in [3.05, 3.63) is 60.2 Å². The number of aromatic nitrogens is 1. The molecule has 28 heavy (non-hydrogen) atoms. The van der Waals surface area contributed by atoms with Gasteiger partial charge >= 0.3 is 6.03 Å². The number of hydrogen-bond acceptors (Lipinski definition) is 4. The maximum atomic E-state index is 13.4. The summed E-state index contributed by atoms with van der Waals surface area (Å²) >= 11 is 0. The summed E-state index contributed by atoms with van der Waals surface area (Å²) in [5.74, 6) is 0.217. The molecule has 0 bridgehead atoms. The molecule has 0 saturated heterocycles. The van der Waals surface area contributed by atoms with Crippen molar-refractivity contribution in [3.8, 4) is 5.75 Å². The number of hydrogen-bond donors (Lipinski definition) is 2. The minimum Gasteiger partial charge on any atom is -0.489 e. The molecular weight excluding hydrogens is 359 g/mol. The van der Waals surface area contributed by atoms with E-state index in [9.17, 15) is 9.18 Å². The molecule has 1 aromatic heterocycles. The first kappa shape index (κ1) is 18.0. The first-order valence-electron chi connectivity index (χ1n) is 9.18. The molecule has 0 spiro atoms. The third kappa shape index (κ3) is 3.69. The van der Waals surface area contributed by atoms with Crippen LogP contribution in [0.25, 0.3) is 10.8 Å². The Morgan fingerprint density at radius 2 is 2.14 bits per heavy atom. The van der Waals surface area contributed by atoms with Gasteiger partial charge in [0, 0.05) is 41.8 Å². The fraction of sp³-hybridized carbons (Fsp3) is 0.238. The van der Waals surface area contributed by atoms with Crippen molar-refractivity contribution in [1.82, 2.24) is 10.3 Å². The molecule has 1 aliphatic heterocycles. The number of aryl methyl sites for hydroxylation is 1. The first-order valence-corrected chi connectivity index (χ1v) is 9.18. The second kappa shape index (κ2) is 7.72. The predicted octanol–water partition coefficient (Wildman–Crippen LogP) is 3.70. The molecule has 0 aliphatic carbocycles. The Balaban J connectivity index is 1.37. The number of nitrogens with one attached hydrogen (secondary N) is 2. The number of carbonyl (C=O) groups is 1. The van der Waals surface area contributed by atoms with Gasteiger partial charge in [-0.15, -0.1) is 0 Å². The van der Waals surface area contributed by atoms with Crippen LogP contribution in [0.15, 0.2) is 48.7 Å². The second-order valence-electron chi connectivity index (χ2n) is 6.63. The number of ether oxygens (including phenoxy) is 1. The number of nitrogens with zero attached hydrogens (tertiary/aromatic N) is 2. The smallest absolute Gasteiger partial charge is 0.319 e. The van der Waals surface area contributed by atoms with Gasteiger partial charge in [-0.2, -0.15) is 0 Å². The van der Waals surface area contributed by atoms with Crippen molar-refractivity contribution in [2.24, 2.45) is 0 Å².